The first-order valence-electron chi connectivity index (χ1n) is 11.8. The van der Waals surface area contributed by atoms with Gasteiger partial charge in [-0.1, -0.05) is 71.5 Å². The Morgan fingerprint density at radius 3 is 1.79 bits per heavy atom. The number of hydrogen-bond donors (Lipinski definition) is 0. The van der Waals surface area contributed by atoms with Crippen molar-refractivity contribution < 1.29 is 17.7 Å². The number of rotatable bonds is 17. The highest BCUT2D eigenvalue weighted by Gasteiger charge is 2.39. The monoisotopic (exact) mass is 514 g/mol. The second-order valence-corrected chi connectivity index (χ2v) is 22.4. The molecule has 0 aliphatic rings. The van der Waals surface area contributed by atoms with E-state index in [0.717, 1.165) is 24.6 Å². The van der Waals surface area contributed by atoms with Gasteiger partial charge in [0, 0.05) is 6.61 Å². The fourth-order valence-corrected chi connectivity index (χ4v) is 18.0. The molecule has 0 amide bonds. The Hall–Kier alpha value is -0.549. The van der Waals surface area contributed by atoms with E-state index in [1.807, 2.05) is 6.08 Å². The molecule has 7 heteroatoms. The summed E-state index contributed by atoms with van der Waals surface area (Å²) in [4.78, 5) is 0. The van der Waals surface area contributed by atoms with Crippen molar-refractivity contribution in [2.75, 3.05) is 19.8 Å². The lowest BCUT2D eigenvalue weighted by molar-refractivity contribution is 0.0406. The van der Waals surface area contributed by atoms with Crippen LogP contribution in [0.5, 0.6) is 0 Å². The Morgan fingerprint density at radius 2 is 1.27 bits per heavy atom. The van der Waals surface area contributed by atoms with Crippen molar-refractivity contribution in [3.8, 4) is 0 Å². The molecule has 0 aliphatic carbocycles. The highest BCUT2D eigenvalue weighted by molar-refractivity contribution is 6.87. The Bertz CT molecular complexity index is 631. The molecule has 0 bridgehead atoms. The molecule has 0 aliphatic heterocycles. The van der Waals surface area contributed by atoms with E-state index in [9.17, 15) is 0 Å². The van der Waals surface area contributed by atoms with Gasteiger partial charge < -0.3 is 17.7 Å². The summed E-state index contributed by atoms with van der Waals surface area (Å²) < 4.78 is 24.8. The van der Waals surface area contributed by atoms with E-state index in [1.54, 1.807) is 0 Å². The normalized spacial score (nSPS) is 12.1. The second kappa shape index (κ2) is 17.0. The summed E-state index contributed by atoms with van der Waals surface area (Å²) in [5.41, 5.74) is 2.30. The molecule has 194 valence electrons. The molecule has 1 rings (SSSR count). The van der Waals surface area contributed by atoms with Crippen LogP contribution >= 0.6 is 0 Å². The molecule has 0 unspecified atom stereocenters. The molecule has 0 saturated carbocycles. The van der Waals surface area contributed by atoms with Gasteiger partial charge in [-0.15, -0.1) is 0 Å². The van der Waals surface area contributed by atoms with Gasteiger partial charge in [0.2, 0.25) is 0 Å². The first-order valence-corrected chi connectivity index (χ1v) is 20.8. The van der Waals surface area contributed by atoms with Crippen LogP contribution < -0.4 is 0 Å². The van der Waals surface area contributed by atoms with Crippen molar-refractivity contribution in [3.63, 3.8) is 0 Å². The van der Waals surface area contributed by atoms with E-state index in [4.69, 9.17) is 17.7 Å². The Kier molecular flexibility index (Phi) is 17.8. The molecule has 0 N–H and O–H groups in total. The Balaban J connectivity index is 0. The molecular weight excluding hydrogens is 461 g/mol. The van der Waals surface area contributed by atoms with Crippen molar-refractivity contribution >= 4 is 31.3 Å². The third-order valence-electron chi connectivity index (χ3n) is 5.10. The topological polar surface area (TPSA) is 36.9 Å². The molecule has 0 aromatic heterocycles. The van der Waals surface area contributed by atoms with E-state index in [2.05, 4.69) is 77.1 Å². The molecule has 0 atom stereocenters. The molecule has 1 aromatic rings. The quantitative estimate of drug-likeness (QED) is 0.154. The molecule has 0 spiro atoms. The third-order valence-corrected chi connectivity index (χ3v) is 16.6. The molecule has 0 saturated heterocycles. The van der Waals surface area contributed by atoms with Crippen LogP contribution in [0.4, 0.5) is 0 Å². The standard InChI is InChI=1S/C24H46O4Si3.2CH4/c1-9-11-20-29(3,4)27-31(7,8)28-30(5,6)21-12-17-25-18-19-26-22-24-15-13-23(10-2)14-16-24;;/h10,13-16H,2,9,11-12,17-22H2,1,3-8H3;2*1H4. The SMILES string of the molecule is C.C.C=Cc1ccc(COCCOCCC[Si](C)(C)O[Si](C)(C)O[Si](C)(C)CCCC)cc1. The Labute approximate surface area is 209 Å². The van der Waals surface area contributed by atoms with Crippen LogP contribution in [0.15, 0.2) is 30.8 Å². The fraction of sp³-hybridized carbons (Fsp3) is 0.692. The maximum atomic E-state index is 6.66. The van der Waals surface area contributed by atoms with Crippen LogP contribution in [-0.4, -0.2) is 45.0 Å². The van der Waals surface area contributed by atoms with Crippen LogP contribution in [0.3, 0.4) is 0 Å². The Morgan fingerprint density at radius 1 is 0.758 bits per heavy atom. The minimum Gasteiger partial charge on any atom is -0.437 e. The van der Waals surface area contributed by atoms with Gasteiger partial charge in [-0.05, 0) is 68.9 Å². The van der Waals surface area contributed by atoms with E-state index in [-0.39, 0.29) is 14.9 Å². The first kappa shape index (κ1) is 34.6. The molecule has 4 nitrogen and oxygen atoms in total. The van der Waals surface area contributed by atoms with Gasteiger partial charge in [0.05, 0.1) is 19.8 Å². The maximum Gasteiger partial charge on any atom is 0.311 e. The maximum absolute atomic E-state index is 6.66. The average Bonchev–Trinajstić information content (AvgIpc) is 2.67. The molecule has 0 heterocycles. The van der Waals surface area contributed by atoms with Gasteiger partial charge in [0.15, 0.2) is 16.6 Å². The lowest BCUT2D eigenvalue weighted by Crippen LogP contribution is -2.52. The summed E-state index contributed by atoms with van der Waals surface area (Å²) in [6.45, 7) is 22.4. The van der Waals surface area contributed by atoms with Gasteiger partial charge in [-0.2, -0.15) is 0 Å². The molecule has 1 aromatic carbocycles. The lowest BCUT2D eigenvalue weighted by Gasteiger charge is -2.38. The lowest BCUT2D eigenvalue weighted by atomic mass is 10.1. The van der Waals surface area contributed by atoms with Crippen molar-refractivity contribution in [1.29, 1.82) is 0 Å². The summed E-state index contributed by atoms with van der Waals surface area (Å²) in [5, 5.41) is 0. The van der Waals surface area contributed by atoms with E-state index < -0.39 is 25.2 Å². The number of benzene rings is 1. The highest BCUT2D eigenvalue weighted by Crippen LogP contribution is 2.26. The number of unbranched alkanes of at least 4 members (excludes halogenated alkanes) is 1. The van der Waals surface area contributed by atoms with Crippen LogP contribution in [-0.2, 0) is 24.3 Å². The minimum absolute atomic E-state index is 0. The number of ether oxygens (including phenoxy) is 2. The van der Waals surface area contributed by atoms with Crippen molar-refractivity contribution in [1.82, 2.24) is 0 Å². The van der Waals surface area contributed by atoms with Crippen LogP contribution in [0, 0.1) is 0 Å². The molecule has 33 heavy (non-hydrogen) atoms. The summed E-state index contributed by atoms with van der Waals surface area (Å²) in [5.74, 6) is 0. The largest absolute Gasteiger partial charge is 0.437 e. The van der Waals surface area contributed by atoms with Crippen LogP contribution in [0.25, 0.3) is 6.08 Å². The molecular formula is C26H54O4Si3. The van der Waals surface area contributed by atoms with Gasteiger partial charge >= 0.3 is 8.56 Å². The van der Waals surface area contributed by atoms with Gasteiger partial charge in [-0.3, -0.25) is 0 Å². The van der Waals surface area contributed by atoms with Gasteiger partial charge in [-0.25, -0.2) is 0 Å². The zero-order valence-electron chi connectivity index (χ0n) is 21.1. The highest BCUT2D eigenvalue weighted by atomic mass is 28.5. The van der Waals surface area contributed by atoms with Crippen molar-refractivity contribution in [2.45, 2.75) is 99.0 Å². The van der Waals surface area contributed by atoms with E-state index in [1.165, 1.54) is 24.4 Å². The second-order valence-electron chi connectivity index (χ2n) is 9.94. The minimum atomic E-state index is -2.09. The van der Waals surface area contributed by atoms with Crippen molar-refractivity contribution in [2.24, 2.45) is 0 Å². The van der Waals surface area contributed by atoms with Crippen LogP contribution in [0.1, 0.15) is 52.2 Å². The summed E-state index contributed by atoms with van der Waals surface area (Å²) in [7, 11) is -5.48. The molecule has 0 fully saturated rings. The predicted molar refractivity (Wildman–Crippen MR) is 154 cm³/mol. The summed E-state index contributed by atoms with van der Waals surface area (Å²) in [6.07, 6.45) is 5.37. The first-order chi connectivity index (χ1) is 14.5. The van der Waals surface area contributed by atoms with E-state index in [0.29, 0.717) is 19.8 Å². The average molecular weight is 515 g/mol. The zero-order chi connectivity index (χ0) is 23.4. The third kappa shape index (κ3) is 16.7. The molecule has 0 radical (unpaired) electrons. The zero-order valence-corrected chi connectivity index (χ0v) is 24.1. The summed E-state index contributed by atoms with van der Waals surface area (Å²) in [6, 6.07) is 10.6. The van der Waals surface area contributed by atoms with Crippen LogP contribution in [0.2, 0.25) is 51.4 Å². The summed E-state index contributed by atoms with van der Waals surface area (Å²) >= 11 is 0. The predicted octanol–water partition coefficient (Wildman–Crippen LogP) is 8.47. The van der Waals surface area contributed by atoms with Gasteiger partial charge in [0.25, 0.3) is 0 Å². The number of hydrogen-bond acceptors (Lipinski definition) is 4. The van der Waals surface area contributed by atoms with Crippen molar-refractivity contribution in [3.05, 3.63) is 42.0 Å². The smallest absolute Gasteiger partial charge is 0.311 e. The fourth-order valence-electron chi connectivity index (χ4n) is 3.82. The van der Waals surface area contributed by atoms with Gasteiger partial charge in [0.1, 0.15) is 0 Å². The van der Waals surface area contributed by atoms with E-state index >= 15 is 0 Å².